The van der Waals surface area contributed by atoms with E-state index in [2.05, 4.69) is 4.74 Å². The van der Waals surface area contributed by atoms with Crippen molar-refractivity contribution in [3.8, 4) is 0 Å². The molecule has 1 fully saturated rings. The first-order valence-electron chi connectivity index (χ1n) is 3.81. The lowest BCUT2D eigenvalue weighted by molar-refractivity contribution is -0.203. The molecule has 0 bridgehead atoms. The molecule has 0 amide bonds. The predicted molar refractivity (Wildman–Crippen MR) is 39.8 cm³/mol. The van der Waals surface area contributed by atoms with Crippen LogP contribution in [0.4, 0.5) is 0 Å². The van der Waals surface area contributed by atoms with Gasteiger partial charge in [0.2, 0.25) is 0 Å². The summed E-state index contributed by atoms with van der Waals surface area (Å²) in [6, 6.07) is 0. The molecule has 1 heterocycles. The second-order valence-corrected chi connectivity index (χ2v) is 2.83. The highest BCUT2D eigenvalue weighted by Crippen LogP contribution is 2.16. The van der Waals surface area contributed by atoms with Gasteiger partial charge in [0.15, 0.2) is 6.10 Å². The summed E-state index contributed by atoms with van der Waals surface area (Å²) in [5, 5.41) is 27.5. The van der Waals surface area contributed by atoms with Crippen molar-refractivity contribution in [2.24, 2.45) is 0 Å². The molecular formula is C7H12O6. The Hall–Kier alpha value is -0.690. The van der Waals surface area contributed by atoms with E-state index >= 15 is 0 Å². The zero-order valence-electron chi connectivity index (χ0n) is 7.08. The maximum Gasteiger partial charge on any atom is 0.337 e. The fourth-order valence-corrected chi connectivity index (χ4v) is 1.13. The number of aliphatic hydroxyl groups excluding tert-OH is 3. The maximum atomic E-state index is 10.9. The number of aliphatic hydroxyl groups is 3. The van der Waals surface area contributed by atoms with Gasteiger partial charge in [-0.1, -0.05) is 0 Å². The van der Waals surface area contributed by atoms with E-state index in [1.165, 1.54) is 0 Å². The lowest BCUT2D eigenvalue weighted by Gasteiger charge is -2.33. The zero-order chi connectivity index (χ0) is 10.0. The van der Waals surface area contributed by atoms with Crippen LogP contribution in [0.3, 0.4) is 0 Å². The van der Waals surface area contributed by atoms with Crippen LogP contribution in [0.2, 0.25) is 0 Å². The summed E-state index contributed by atoms with van der Waals surface area (Å²) >= 11 is 0. The molecule has 13 heavy (non-hydrogen) atoms. The normalized spacial score (nSPS) is 40.0. The minimum atomic E-state index is -1.45. The fourth-order valence-electron chi connectivity index (χ4n) is 1.13. The molecule has 1 aliphatic heterocycles. The van der Waals surface area contributed by atoms with Gasteiger partial charge in [-0.25, -0.2) is 4.79 Å². The Labute approximate surface area is 74.7 Å². The number of ether oxygens (including phenoxy) is 2. The zero-order valence-corrected chi connectivity index (χ0v) is 7.08. The third kappa shape index (κ3) is 1.97. The quantitative estimate of drug-likeness (QED) is 0.402. The molecular weight excluding hydrogens is 180 g/mol. The molecule has 0 aromatic heterocycles. The first kappa shape index (κ1) is 10.4. The molecule has 0 aliphatic carbocycles. The smallest absolute Gasteiger partial charge is 0.337 e. The van der Waals surface area contributed by atoms with Crippen molar-refractivity contribution in [1.82, 2.24) is 0 Å². The van der Waals surface area contributed by atoms with Crippen LogP contribution in [-0.2, 0) is 14.3 Å². The molecule has 6 nitrogen and oxygen atoms in total. The van der Waals surface area contributed by atoms with E-state index in [1.807, 2.05) is 0 Å². The van der Waals surface area contributed by atoms with E-state index < -0.39 is 30.4 Å². The van der Waals surface area contributed by atoms with Gasteiger partial charge in [-0.3, -0.25) is 0 Å². The number of carbonyl (C=O) groups is 1. The first-order chi connectivity index (χ1) is 6.07. The second kappa shape index (κ2) is 4.01. The Morgan fingerprint density at radius 2 is 2.00 bits per heavy atom. The van der Waals surface area contributed by atoms with E-state index in [9.17, 15) is 15.0 Å². The van der Waals surface area contributed by atoms with Crippen molar-refractivity contribution in [3.05, 3.63) is 0 Å². The van der Waals surface area contributed by atoms with Crippen molar-refractivity contribution < 1.29 is 29.6 Å². The Balaban J connectivity index is 2.63. The second-order valence-electron chi connectivity index (χ2n) is 2.83. The van der Waals surface area contributed by atoms with Crippen molar-refractivity contribution in [1.29, 1.82) is 0 Å². The van der Waals surface area contributed by atoms with Crippen molar-refractivity contribution in [2.45, 2.75) is 24.4 Å². The summed E-state index contributed by atoms with van der Waals surface area (Å²) in [6.45, 7) is -0.196. The van der Waals surface area contributed by atoms with Gasteiger partial charge in [0, 0.05) is 0 Å². The summed E-state index contributed by atoms with van der Waals surface area (Å²) in [4.78, 5) is 10.9. The highest BCUT2D eigenvalue weighted by Gasteiger charge is 2.41. The van der Waals surface area contributed by atoms with Gasteiger partial charge in [0.05, 0.1) is 13.7 Å². The highest BCUT2D eigenvalue weighted by atomic mass is 16.6. The number of hydrogen-bond acceptors (Lipinski definition) is 6. The standard InChI is InChI=1S/C7H12O6/c1-12-7(11)6-5(10)4(9)3(8)2-13-6/h3-6,8-10H,2H2,1H3/t3-,4-,5-,6-/m1/s1. The van der Waals surface area contributed by atoms with Crippen LogP contribution in [0.1, 0.15) is 0 Å². The van der Waals surface area contributed by atoms with Gasteiger partial charge >= 0.3 is 5.97 Å². The summed E-state index contributed by atoms with van der Waals surface area (Å²) in [7, 11) is 1.15. The van der Waals surface area contributed by atoms with Gasteiger partial charge < -0.3 is 24.8 Å². The Morgan fingerprint density at radius 3 is 2.54 bits per heavy atom. The molecule has 4 atom stereocenters. The highest BCUT2D eigenvalue weighted by molar-refractivity contribution is 5.75. The molecule has 0 aromatic carbocycles. The first-order valence-corrected chi connectivity index (χ1v) is 3.81. The molecule has 1 rings (SSSR count). The molecule has 0 unspecified atom stereocenters. The maximum absolute atomic E-state index is 10.9. The summed E-state index contributed by atoms with van der Waals surface area (Å²) in [5.74, 6) is -0.765. The molecule has 0 aromatic rings. The van der Waals surface area contributed by atoms with E-state index in [0.717, 1.165) is 7.11 Å². The van der Waals surface area contributed by atoms with E-state index in [-0.39, 0.29) is 6.61 Å². The summed E-state index contributed by atoms with van der Waals surface area (Å²) < 4.78 is 9.12. The van der Waals surface area contributed by atoms with Crippen LogP contribution in [0.25, 0.3) is 0 Å². The van der Waals surface area contributed by atoms with Gasteiger partial charge in [-0.2, -0.15) is 0 Å². The molecule has 76 valence electrons. The topological polar surface area (TPSA) is 96.2 Å². The summed E-state index contributed by atoms with van der Waals surface area (Å²) in [5.41, 5.74) is 0. The van der Waals surface area contributed by atoms with Crippen LogP contribution < -0.4 is 0 Å². The van der Waals surface area contributed by atoms with Gasteiger partial charge in [-0.15, -0.1) is 0 Å². The van der Waals surface area contributed by atoms with Crippen LogP contribution in [0.5, 0.6) is 0 Å². The largest absolute Gasteiger partial charge is 0.467 e. The molecule has 1 saturated heterocycles. The van der Waals surface area contributed by atoms with Crippen molar-refractivity contribution in [2.75, 3.05) is 13.7 Å². The average molecular weight is 192 g/mol. The minimum Gasteiger partial charge on any atom is -0.467 e. The van der Waals surface area contributed by atoms with Gasteiger partial charge in [0.25, 0.3) is 0 Å². The van der Waals surface area contributed by atoms with Gasteiger partial charge in [0.1, 0.15) is 18.3 Å². The Morgan fingerprint density at radius 1 is 1.38 bits per heavy atom. The number of carbonyl (C=O) groups excluding carboxylic acids is 1. The third-order valence-electron chi connectivity index (χ3n) is 1.93. The van der Waals surface area contributed by atoms with E-state index in [1.54, 1.807) is 0 Å². The van der Waals surface area contributed by atoms with Crippen LogP contribution >= 0.6 is 0 Å². The Kier molecular flexibility index (Phi) is 3.21. The lowest BCUT2D eigenvalue weighted by Crippen LogP contribution is -2.55. The van der Waals surface area contributed by atoms with Crippen molar-refractivity contribution >= 4 is 5.97 Å². The van der Waals surface area contributed by atoms with Crippen LogP contribution in [0, 0.1) is 0 Å². The monoisotopic (exact) mass is 192 g/mol. The van der Waals surface area contributed by atoms with Gasteiger partial charge in [-0.05, 0) is 0 Å². The lowest BCUT2D eigenvalue weighted by atomic mass is 10.0. The number of hydrogen-bond donors (Lipinski definition) is 3. The average Bonchev–Trinajstić information content (AvgIpc) is 2.13. The van der Waals surface area contributed by atoms with Crippen LogP contribution in [-0.4, -0.2) is 59.4 Å². The molecule has 0 radical (unpaired) electrons. The third-order valence-corrected chi connectivity index (χ3v) is 1.93. The minimum absolute atomic E-state index is 0.196. The van der Waals surface area contributed by atoms with Crippen molar-refractivity contribution in [3.63, 3.8) is 0 Å². The summed E-state index contributed by atoms with van der Waals surface area (Å²) in [6.07, 6.45) is -5.21. The fraction of sp³-hybridized carbons (Fsp3) is 0.857. The van der Waals surface area contributed by atoms with Crippen LogP contribution in [0.15, 0.2) is 0 Å². The molecule has 3 N–H and O–H groups in total. The Bertz CT molecular complexity index is 193. The SMILES string of the molecule is COC(=O)[C@@H]1OC[C@@H](O)[C@@H](O)[C@H]1O. The van der Waals surface area contributed by atoms with E-state index in [4.69, 9.17) is 9.84 Å². The number of rotatable bonds is 1. The number of methoxy groups -OCH3 is 1. The molecule has 1 aliphatic rings. The number of esters is 1. The predicted octanol–water partition coefficient (Wildman–Crippen LogP) is -2.36. The molecule has 0 saturated carbocycles. The molecule has 0 spiro atoms. The molecule has 6 heteroatoms. The van der Waals surface area contributed by atoms with E-state index in [0.29, 0.717) is 0 Å².